The average Bonchev–Trinajstić information content (AvgIpc) is 2.89. The third-order valence-electron chi connectivity index (χ3n) is 5.00. The van der Waals surface area contributed by atoms with Crippen LogP contribution in [-0.2, 0) is 12.7 Å². The lowest BCUT2D eigenvalue weighted by Crippen LogP contribution is -2.13. The van der Waals surface area contributed by atoms with E-state index in [1.54, 1.807) is 24.3 Å². The molecule has 0 N–H and O–H groups in total. The molecule has 126 valence electrons. The molecule has 0 spiro atoms. The molecular weight excluding hydrogens is 321 g/mol. The number of methoxy groups -OCH3 is 1. The summed E-state index contributed by atoms with van der Waals surface area (Å²) in [6.07, 6.45) is -4.55. The van der Waals surface area contributed by atoms with Gasteiger partial charge in [-0.25, -0.2) is 0 Å². The number of ether oxygens (including phenoxy) is 1. The van der Waals surface area contributed by atoms with Crippen LogP contribution in [0, 0.1) is 11.8 Å². The molecule has 1 fully saturated rings. The van der Waals surface area contributed by atoms with Crippen molar-refractivity contribution < 1.29 is 22.7 Å². The van der Waals surface area contributed by atoms with Crippen LogP contribution < -0.4 is 4.74 Å². The molecule has 2 aliphatic rings. The molecule has 4 rings (SSSR count). The number of carbonyl (C=O) groups excluding carboxylic acids is 1. The Morgan fingerprint density at radius 2 is 1.88 bits per heavy atom. The van der Waals surface area contributed by atoms with E-state index in [0.29, 0.717) is 5.75 Å². The number of hydrogen-bond acceptors (Lipinski definition) is 3. The van der Waals surface area contributed by atoms with Crippen LogP contribution in [0.4, 0.5) is 13.2 Å². The fourth-order valence-electron chi connectivity index (χ4n) is 3.74. The van der Waals surface area contributed by atoms with Gasteiger partial charge in [0, 0.05) is 17.4 Å². The number of benzene rings is 1. The highest BCUT2D eigenvalue weighted by molar-refractivity contribution is 6.05. The maximum absolute atomic E-state index is 13.3. The predicted octanol–water partition coefficient (Wildman–Crippen LogP) is 3.50. The number of halogens is 3. The van der Waals surface area contributed by atoms with Gasteiger partial charge in [0.15, 0.2) is 11.5 Å². The van der Waals surface area contributed by atoms with Crippen molar-refractivity contribution in [2.24, 2.45) is 11.8 Å². The minimum Gasteiger partial charge on any atom is -0.497 e. The molecule has 0 saturated heterocycles. The number of carbonyl (C=O) groups is 1. The van der Waals surface area contributed by atoms with Crippen molar-refractivity contribution in [2.45, 2.75) is 25.6 Å². The summed E-state index contributed by atoms with van der Waals surface area (Å²) >= 11 is 0. The van der Waals surface area contributed by atoms with Crippen LogP contribution in [0.5, 0.6) is 5.75 Å². The Hall–Kier alpha value is -2.31. The van der Waals surface area contributed by atoms with Crippen molar-refractivity contribution in [3.05, 3.63) is 46.8 Å². The lowest BCUT2D eigenvalue weighted by molar-refractivity contribution is -0.142. The van der Waals surface area contributed by atoms with Gasteiger partial charge in [-0.2, -0.15) is 18.3 Å². The van der Waals surface area contributed by atoms with E-state index < -0.39 is 11.9 Å². The maximum Gasteiger partial charge on any atom is 0.435 e. The van der Waals surface area contributed by atoms with Gasteiger partial charge in [-0.05, 0) is 23.6 Å². The molecule has 3 atom stereocenters. The first-order valence-electron chi connectivity index (χ1n) is 7.68. The molecule has 2 aliphatic carbocycles. The Morgan fingerprint density at radius 1 is 1.21 bits per heavy atom. The smallest absolute Gasteiger partial charge is 0.435 e. The van der Waals surface area contributed by atoms with Gasteiger partial charge in [0.1, 0.15) is 11.4 Å². The summed E-state index contributed by atoms with van der Waals surface area (Å²) in [4.78, 5) is 12.5. The molecule has 1 aromatic carbocycles. The molecule has 24 heavy (non-hydrogen) atoms. The summed E-state index contributed by atoms with van der Waals surface area (Å²) in [6.45, 7) is 1.94. The van der Waals surface area contributed by atoms with E-state index in [1.165, 1.54) is 11.8 Å². The first-order chi connectivity index (χ1) is 11.3. The van der Waals surface area contributed by atoms with Crippen LogP contribution in [0.15, 0.2) is 24.3 Å². The van der Waals surface area contributed by atoms with Gasteiger partial charge in [0.05, 0.1) is 13.7 Å². The van der Waals surface area contributed by atoms with E-state index in [1.807, 2.05) is 6.92 Å². The number of alkyl halides is 3. The Bertz CT molecular complexity index is 824. The average molecular weight is 336 g/mol. The fraction of sp³-hybridized carbons (Fsp3) is 0.412. The topological polar surface area (TPSA) is 44.1 Å². The summed E-state index contributed by atoms with van der Waals surface area (Å²) in [5.41, 5.74) is 0.0808. The Morgan fingerprint density at radius 3 is 2.46 bits per heavy atom. The molecule has 7 heteroatoms. The van der Waals surface area contributed by atoms with Gasteiger partial charge >= 0.3 is 6.18 Å². The van der Waals surface area contributed by atoms with Crippen molar-refractivity contribution in [3.63, 3.8) is 0 Å². The standard InChI is InChI=1S/C17H15F3N2O2/c1-8-11-12(8)15(23)14-13(11)16(17(18,19)20)21-22(14)7-9-3-5-10(24-2)6-4-9/h3-6,8,11-12H,7H2,1-2H3/t8-,11?,12?/m1/s1. The molecule has 0 aliphatic heterocycles. The molecule has 0 radical (unpaired) electrons. The van der Waals surface area contributed by atoms with Crippen molar-refractivity contribution in [1.29, 1.82) is 0 Å². The summed E-state index contributed by atoms with van der Waals surface area (Å²) in [5, 5.41) is 3.74. The SMILES string of the molecule is COc1ccc(Cn2nc(C(F)(F)F)c3c2C(=O)C2C3[C@H]2C)cc1. The number of ketones is 1. The number of hydrogen-bond donors (Lipinski definition) is 0. The van der Waals surface area contributed by atoms with E-state index in [2.05, 4.69) is 5.10 Å². The second-order valence-electron chi connectivity index (χ2n) is 6.39. The summed E-state index contributed by atoms with van der Waals surface area (Å²) < 4.78 is 46.3. The Balaban J connectivity index is 1.76. The molecule has 2 unspecified atom stereocenters. The van der Waals surface area contributed by atoms with E-state index in [0.717, 1.165) is 5.56 Å². The zero-order valence-electron chi connectivity index (χ0n) is 13.1. The molecular formula is C17H15F3N2O2. The molecule has 0 amide bonds. The number of nitrogens with zero attached hydrogens (tertiary/aromatic N) is 2. The van der Waals surface area contributed by atoms with Gasteiger partial charge in [-0.1, -0.05) is 19.1 Å². The zero-order valence-corrected chi connectivity index (χ0v) is 13.1. The highest BCUT2D eigenvalue weighted by Crippen LogP contribution is 2.63. The van der Waals surface area contributed by atoms with Crippen LogP contribution in [0.2, 0.25) is 0 Å². The van der Waals surface area contributed by atoms with Crippen LogP contribution in [0.1, 0.15) is 40.2 Å². The lowest BCUT2D eigenvalue weighted by atomic mass is 10.1. The van der Waals surface area contributed by atoms with E-state index in [9.17, 15) is 18.0 Å². The summed E-state index contributed by atoms with van der Waals surface area (Å²) in [5.74, 6) is -0.203. The largest absolute Gasteiger partial charge is 0.497 e. The molecule has 1 aromatic heterocycles. The zero-order chi connectivity index (χ0) is 17.2. The molecule has 2 aromatic rings. The first kappa shape index (κ1) is 15.2. The second-order valence-corrected chi connectivity index (χ2v) is 6.39. The Kier molecular flexibility index (Phi) is 3.07. The van der Waals surface area contributed by atoms with E-state index in [4.69, 9.17) is 4.74 Å². The van der Waals surface area contributed by atoms with E-state index in [-0.39, 0.29) is 41.3 Å². The van der Waals surface area contributed by atoms with Gasteiger partial charge in [0.25, 0.3) is 0 Å². The van der Waals surface area contributed by atoms with Gasteiger partial charge in [-0.15, -0.1) is 0 Å². The molecule has 1 saturated carbocycles. The summed E-state index contributed by atoms with van der Waals surface area (Å²) in [7, 11) is 1.54. The van der Waals surface area contributed by atoms with Crippen molar-refractivity contribution in [1.82, 2.24) is 9.78 Å². The number of fused-ring (bicyclic) bond motifs is 3. The lowest BCUT2D eigenvalue weighted by Gasteiger charge is -2.07. The quantitative estimate of drug-likeness (QED) is 0.862. The number of aromatic nitrogens is 2. The van der Waals surface area contributed by atoms with Crippen LogP contribution >= 0.6 is 0 Å². The third-order valence-corrected chi connectivity index (χ3v) is 5.00. The minimum absolute atomic E-state index is 0.0234. The van der Waals surface area contributed by atoms with Crippen molar-refractivity contribution in [3.8, 4) is 5.75 Å². The fourth-order valence-corrected chi connectivity index (χ4v) is 3.74. The van der Waals surface area contributed by atoms with Gasteiger partial charge in [-0.3, -0.25) is 9.48 Å². The number of Topliss-reactive ketones (excluding diaryl/α,β-unsaturated/α-hetero) is 1. The van der Waals surface area contributed by atoms with Crippen LogP contribution in [0.3, 0.4) is 0 Å². The highest BCUT2D eigenvalue weighted by Gasteiger charge is 2.63. The first-order valence-corrected chi connectivity index (χ1v) is 7.68. The normalized spacial score (nSPS) is 24.7. The minimum atomic E-state index is -4.55. The van der Waals surface area contributed by atoms with E-state index >= 15 is 0 Å². The van der Waals surface area contributed by atoms with Crippen LogP contribution in [-0.4, -0.2) is 22.7 Å². The van der Waals surface area contributed by atoms with Crippen molar-refractivity contribution >= 4 is 5.78 Å². The van der Waals surface area contributed by atoms with Gasteiger partial charge in [0.2, 0.25) is 0 Å². The molecule has 4 nitrogen and oxygen atoms in total. The van der Waals surface area contributed by atoms with Crippen LogP contribution in [0.25, 0.3) is 0 Å². The monoisotopic (exact) mass is 336 g/mol. The maximum atomic E-state index is 13.3. The van der Waals surface area contributed by atoms with Crippen molar-refractivity contribution in [2.75, 3.05) is 7.11 Å². The van der Waals surface area contributed by atoms with Gasteiger partial charge < -0.3 is 4.74 Å². The second kappa shape index (κ2) is 4.84. The number of rotatable bonds is 3. The Labute approximate surface area is 136 Å². The molecule has 0 bridgehead atoms. The highest BCUT2D eigenvalue weighted by atomic mass is 19.4. The molecule has 1 heterocycles. The predicted molar refractivity (Wildman–Crippen MR) is 79.1 cm³/mol. The summed E-state index contributed by atoms with van der Waals surface area (Å²) in [6, 6.07) is 6.96. The third kappa shape index (κ3) is 2.07.